The van der Waals surface area contributed by atoms with Crippen molar-refractivity contribution < 1.29 is 23.2 Å². The molecule has 11 aromatic heterocycles. The molecule has 2 saturated heterocycles. The second kappa shape index (κ2) is 38.7. The van der Waals surface area contributed by atoms with E-state index in [1.54, 1.807) is 79.7 Å². The SMILES string of the molecule is Brc1cccc(Br)n1.C=CCn1c(=O)c2cnc(Nc3ccc(N4CCC5(CCN(C)CC5)CC4)cc3)nc2n1-c1cccc(OCC)n1.C=CCn1c(=O)c2cnc(S(C)=O)nc2n1-c1cccc(OCC)n1.C=CCn1c(=O)c2cnc(SC)nc2n1-c1cccc(OCC)n1.CCOc1cccc(Br)n1. The lowest BCUT2D eigenvalue weighted by molar-refractivity contribution is 0.0945. The molecule has 1 unspecified atom stereocenters. The first-order chi connectivity index (χ1) is 52.3. The number of benzene rings is 1. The molecule has 13 heterocycles. The maximum Gasteiger partial charge on any atom is 0.278 e. The van der Waals surface area contributed by atoms with Crippen molar-refractivity contribution in [3.8, 4) is 41.0 Å². The number of piperidine rings is 2. The van der Waals surface area contributed by atoms with E-state index in [0.717, 1.165) is 32.6 Å². The first kappa shape index (κ1) is 80.5. The average Bonchev–Trinajstić information content (AvgIpc) is 1.62. The Morgan fingerprint density at radius 3 is 1.30 bits per heavy atom. The minimum atomic E-state index is -1.37. The molecule has 12 aromatic rings. The van der Waals surface area contributed by atoms with Crippen molar-refractivity contribution in [2.75, 3.05) is 82.4 Å². The first-order valence-corrected chi connectivity index (χ1v) is 39.8. The number of halogens is 3. The van der Waals surface area contributed by atoms with E-state index >= 15 is 0 Å². The van der Waals surface area contributed by atoms with Crippen molar-refractivity contribution in [2.24, 2.45) is 5.41 Å². The van der Waals surface area contributed by atoms with Crippen molar-refractivity contribution in [1.82, 2.24) is 87.8 Å². The molecule has 2 aliphatic heterocycles. The van der Waals surface area contributed by atoms with E-state index < -0.39 is 10.8 Å². The summed E-state index contributed by atoms with van der Waals surface area (Å²) in [5.41, 5.74) is 3.32. The van der Waals surface area contributed by atoms with Crippen molar-refractivity contribution in [3.05, 3.63) is 217 Å². The number of aromatic nitrogens is 17. The number of likely N-dealkylation sites (tertiary alicyclic amines) is 1. The quantitative estimate of drug-likeness (QED) is 0.0285. The number of fused-ring (bicyclic) bond motifs is 3. The third-order valence-electron chi connectivity index (χ3n) is 17.0. The minimum absolute atomic E-state index is 0.151. The van der Waals surface area contributed by atoms with Crippen LogP contribution in [0.3, 0.4) is 0 Å². The zero-order chi connectivity index (χ0) is 76.9. The van der Waals surface area contributed by atoms with Gasteiger partial charge >= 0.3 is 0 Å². The number of nitrogens with zero attached hydrogens (tertiary/aromatic N) is 19. The summed E-state index contributed by atoms with van der Waals surface area (Å²) < 4.78 is 45.4. The maximum atomic E-state index is 13.2. The Morgan fingerprint density at radius 2 is 0.889 bits per heavy atom. The molecule has 33 heteroatoms. The molecular weight excluding hydrogens is 1610 g/mol. The number of anilines is 3. The molecule has 564 valence electrons. The molecule has 14 rings (SSSR count). The fourth-order valence-corrected chi connectivity index (χ4v) is 13.9. The van der Waals surface area contributed by atoms with Gasteiger partial charge in [0.25, 0.3) is 16.7 Å². The zero-order valence-electron chi connectivity index (χ0n) is 60.9. The van der Waals surface area contributed by atoms with Gasteiger partial charge in [-0.3, -0.25) is 18.6 Å². The summed E-state index contributed by atoms with van der Waals surface area (Å²) in [6.07, 6.45) is 18.0. The van der Waals surface area contributed by atoms with Gasteiger partial charge in [0, 0.05) is 73.6 Å². The van der Waals surface area contributed by atoms with Gasteiger partial charge in [0.1, 0.15) is 30.0 Å². The van der Waals surface area contributed by atoms with Crippen molar-refractivity contribution in [1.29, 1.82) is 0 Å². The second-order valence-corrected chi connectivity index (χ2v) is 28.6. The first-order valence-electron chi connectivity index (χ1n) is 34.7. The Hall–Kier alpha value is -10.1. The molecule has 0 aliphatic carbocycles. The number of hydrogen-bond acceptors (Lipinski definition) is 23. The predicted octanol–water partition coefficient (Wildman–Crippen LogP) is 13.1. The lowest BCUT2D eigenvalue weighted by Crippen LogP contribution is -2.46. The molecule has 2 aliphatic rings. The Bertz CT molecular complexity index is 5290. The standard InChI is InChI=1S/C31H38N8O2.C16H17N5O3S.C16H17N5O2S.C7H8BrNO.C5H3Br2N/c1-4-17-38-29(40)25-22-32-30(35-28(25)39(38)26-7-6-8-27(34-26)41-5-2)33-23-9-11-24(12-10-23)37-20-15-31(16-21-37)13-18-36(3)19-14-31;1-4-9-20-15(22)11-10-17-16(25(3)23)19-14(11)21(20)12-7-6-8-13(18-12)24-5-2;1-4-9-20-15(22)11-10-17-16(24-3)19-14(11)21(20)12-7-6-8-13(18-12)23-5-2;1-2-10-7-5-3-4-6(8)9-7;6-4-2-1-3-5(7)8-4/h4,6-12,22H,1,5,13-21H2,2-3H3,(H,32,33,35);4,6-8,10H,1,5,9H2,2-3H3;4,6-8,10H,1,5,9H2,2-3H3;3-5H,2H2,1H3;1-3H. The van der Waals surface area contributed by atoms with Gasteiger partial charge < -0.3 is 34.1 Å². The Balaban J connectivity index is 0.000000160. The molecule has 1 N–H and O–H groups in total. The highest BCUT2D eigenvalue weighted by molar-refractivity contribution is 9.11. The lowest BCUT2D eigenvalue weighted by Gasteiger charge is -2.46. The molecule has 0 amide bonds. The molecule has 0 radical (unpaired) electrons. The Kier molecular flexibility index (Phi) is 28.8. The molecule has 0 bridgehead atoms. The molecule has 1 atom stereocenters. The largest absolute Gasteiger partial charge is 0.478 e. The molecule has 28 nitrogen and oxygen atoms in total. The number of thioether (sulfide) groups is 1. The van der Waals surface area contributed by atoms with Crippen LogP contribution in [-0.2, 0) is 30.4 Å². The van der Waals surface area contributed by atoms with E-state index in [-0.39, 0.29) is 28.4 Å². The van der Waals surface area contributed by atoms with Crippen LogP contribution in [0.2, 0.25) is 0 Å². The van der Waals surface area contributed by atoms with Crippen LogP contribution in [0.25, 0.3) is 50.6 Å². The van der Waals surface area contributed by atoms with Crippen molar-refractivity contribution in [2.45, 2.75) is 83.3 Å². The molecule has 1 spiro atoms. The van der Waals surface area contributed by atoms with Gasteiger partial charge in [-0.15, -0.1) is 19.7 Å². The van der Waals surface area contributed by atoms with Gasteiger partial charge in [-0.2, -0.15) is 19.9 Å². The summed E-state index contributed by atoms with van der Waals surface area (Å²) in [5.74, 6) is 4.03. The lowest BCUT2D eigenvalue weighted by atomic mass is 9.71. The summed E-state index contributed by atoms with van der Waals surface area (Å²) in [5, 5.41) is 5.22. The Labute approximate surface area is 655 Å². The normalized spacial score (nSPS) is 13.3. The fraction of sp³-hybridized carbons (Fsp3) is 0.307. The molecule has 2 fully saturated rings. The number of rotatable bonds is 22. The second-order valence-electron chi connectivity index (χ2n) is 24.1. The van der Waals surface area contributed by atoms with Gasteiger partial charge in [0.05, 0.1) is 56.9 Å². The van der Waals surface area contributed by atoms with Crippen LogP contribution in [0.5, 0.6) is 23.5 Å². The summed E-state index contributed by atoms with van der Waals surface area (Å²) in [7, 11) is 0.863. The van der Waals surface area contributed by atoms with Crippen LogP contribution >= 0.6 is 59.6 Å². The average molecular weight is 1700 g/mol. The summed E-state index contributed by atoms with van der Waals surface area (Å²) in [6.45, 7) is 26.5. The van der Waals surface area contributed by atoms with Crippen LogP contribution < -0.4 is 45.8 Å². The number of nitrogens with one attached hydrogen (secondary N) is 1. The van der Waals surface area contributed by atoms with E-state index in [1.807, 2.05) is 94.6 Å². The molecule has 108 heavy (non-hydrogen) atoms. The van der Waals surface area contributed by atoms with E-state index in [1.165, 1.54) is 78.0 Å². The highest BCUT2D eigenvalue weighted by Crippen LogP contribution is 2.42. The van der Waals surface area contributed by atoms with Gasteiger partial charge in [0.15, 0.2) is 39.6 Å². The van der Waals surface area contributed by atoms with E-state index in [2.05, 4.69) is 164 Å². The van der Waals surface area contributed by atoms with Crippen molar-refractivity contribution in [3.63, 3.8) is 0 Å². The smallest absolute Gasteiger partial charge is 0.278 e. The molecular formula is C75H83Br3N20O8S2. The van der Waals surface area contributed by atoms with Crippen LogP contribution in [-0.4, -0.2) is 164 Å². The summed E-state index contributed by atoms with van der Waals surface area (Å²) in [4.78, 5) is 91.3. The number of pyridine rings is 5. The van der Waals surface area contributed by atoms with Crippen LogP contribution in [0.4, 0.5) is 17.3 Å². The van der Waals surface area contributed by atoms with Crippen LogP contribution in [0.15, 0.2) is 210 Å². The minimum Gasteiger partial charge on any atom is -0.478 e. The van der Waals surface area contributed by atoms with Crippen molar-refractivity contribution >= 4 is 121 Å². The highest BCUT2D eigenvalue weighted by Gasteiger charge is 2.37. The van der Waals surface area contributed by atoms with Crippen LogP contribution in [0.1, 0.15) is 53.4 Å². The third-order valence-corrected chi connectivity index (χ3v) is 19.6. The predicted molar refractivity (Wildman–Crippen MR) is 434 cm³/mol. The number of hydrogen-bond donors (Lipinski definition) is 1. The molecule has 1 aromatic carbocycles. The third kappa shape index (κ3) is 20.0. The number of allylic oxidation sites excluding steroid dienone is 3. The maximum absolute atomic E-state index is 13.2. The topological polar surface area (TPSA) is 295 Å². The monoisotopic (exact) mass is 1690 g/mol. The van der Waals surface area contributed by atoms with Gasteiger partial charge in [-0.05, 0) is 194 Å². The van der Waals surface area contributed by atoms with E-state index in [0.29, 0.717) is 130 Å². The van der Waals surface area contributed by atoms with Gasteiger partial charge in [0.2, 0.25) is 34.6 Å². The highest BCUT2D eigenvalue weighted by atomic mass is 79.9. The van der Waals surface area contributed by atoms with Gasteiger partial charge in [-0.1, -0.05) is 60.3 Å². The van der Waals surface area contributed by atoms with E-state index in [9.17, 15) is 18.6 Å². The molecule has 0 saturated carbocycles. The van der Waals surface area contributed by atoms with Crippen LogP contribution in [0, 0.1) is 5.41 Å². The summed E-state index contributed by atoms with van der Waals surface area (Å²) >= 11 is 11.1. The summed E-state index contributed by atoms with van der Waals surface area (Å²) in [6, 6.07) is 35.8. The van der Waals surface area contributed by atoms with E-state index in [4.69, 9.17) is 23.9 Å². The van der Waals surface area contributed by atoms with Gasteiger partial charge in [-0.25, -0.2) is 63.0 Å². The fourth-order valence-electron chi connectivity index (χ4n) is 11.9. The number of ether oxygens (including phenoxy) is 4. The Morgan fingerprint density at radius 1 is 0.500 bits per heavy atom. The zero-order valence-corrected chi connectivity index (χ0v) is 67.3.